The molecule has 0 bridgehead atoms. The molecule has 0 aliphatic heterocycles. The van der Waals surface area contributed by atoms with Gasteiger partial charge in [-0.2, -0.15) is 0 Å². The summed E-state index contributed by atoms with van der Waals surface area (Å²) in [7, 11) is 0. The van der Waals surface area contributed by atoms with Crippen molar-refractivity contribution in [3.05, 3.63) is 138 Å². The van der Waals surface area contributed by atoms with Crippen molar-refractivity contribution in [2.75, 3.05) is 0 Å². The average molecular weight is 652 g/mol. The van der Waals surface area contributed by atoms with Crippen molar-refractivity contribution in [1.29, 1.82) is 0 Å². The Morgan fingerprint density at radius 2 is 1.30 bits per heavy atom. The van der Waals surface area contributed by atoms with Crippen LogP contribution in [0.15, 0.2) is 115 Å². The molecule has 1 aliphatic rings. The van der Waals surface area contributed by atoms with E-state index < -0.39 is 0 Å². The molecule has 248 valence electrons. The van der Waals surface area contributed by atoms with E-state index >= 15 is 0 Å². The van der Waals surface area contributed by atoms with Crippen LogP contribution in [-0.2, 0) is 18.4 Å². The van der Waals surface area contributed by atoms with E-state index in [9.17, 15) is 0 Å². The van der Waals surface area contributed by atoms with E-state index in [4.69, 9.17) is 5.73 Å². The normalized spacial score (nSPS) is 13.4. The summed E-state index contributed by atoms with van der Waals surface area (Å²) in [6.45, 7) is 6.69. The van der Waals surface area contributed by atoms with Gasteiger partial charge in [-0.1, -0.05) is 118 Å². The molecular weight excluding hydrogens is 607 g/mol. The first kappa shape index (κ1) is 30.9. The highest BCUT2D eigenvalue weighted by Gasteiger charge is 2.27. The standard InChI is InChI=1S/C47H45N3/c1-4-7-15-31-17-12-22-36-34(31)21-14-25-43(36)49-42-23-11-10-20-37(42)39-29-46-40(30-45(39)49)38-27-26-33(47(48,5-2)6-3)28-44(38)50(46)41-24-13-18-32-16-8-9-19-35(32)41/h8-10,12-14,16-22,24-30H,4-7,11,15,23,48H2,1-3H3. The second-order valence-corrected chi connectivity index (χ2v) is 14.3. The van der Waals surface area contributed by atoms with E-state index in [2.05, 4.69) is 151 Å². The van der Waals surface area contributed by atoms with Crippen LogP contribution in [0.1, 0.15) is 75.3 Å². The summed E-state index contributed by atoms with van der Waals surface area (Å²) in [5.41, 5.74) is 18.3. The topological polar surface area (TPSA) is 35.9 Å². The van der Waals surface area contributed by atoms with Crippen LogP contribution in [-0.4, -0.2) is 9.13 Å². The van der Waals surface area contributed by atoms with E-state index in [1.165, 1.54) is 101 Å². The molecule has 3 nitrogen and oxygen atoms in total. The lowest BCUT2D eigenvalue weighted by Gasteiger charge is -2.27. The Kier molecular flexibility index (Phi) is 7.44. The third-order valence-electron chi connectivity index (χ3n) is 11.7. The lowest BCUT2D eigenvalue weighted by atomic mass is 9.85. The molecule has 9 rings (SSSR count). The minimum absolute atomic E-state index is 0.371. The van der Waals surface area contributed by atoms with E-state index in [0.717, 1.165) is 32.1 Å². The first-order valence-electron chi connectivity index (χ1n) is 18.6. The molecule has 0 unspecified atom stereocenters. The van der Waals surface area contributed by atoms with Crippen LogP contribution in [0.2, 0.25) is 0 Å². The highest BCUT2D eigenvalue weighted by molar-refractivity contribution is 6.16. The minimum atomic E-state index is -0.371. The van der Waals surface area contributed by atoms with Crippen LogP contribution in [0.25, 0.3) is 71.7 Å². The van der Waals surface area contributed by atoms with Crippen molar-refractivity contribution < 1.29 is 0 Å². The lowest BCUT2D eigenvalue weighted by Crippen LogP contribution is -2.35. The number of nitrogens with two attached hydrogens (primary N) is 1. The number of fused-ring (bicyclic) bond motifs is 8. The van der Waals surface area contributed by atoms with Gasteiger partial charge in [-0.25, -0.2) is 0 Å². The monoisotopic (exact) mass is 651 g/mol. The smallest absolute Gasteiger partial charge is 0.0549 e. The fourth-order valence-corrected chi connectivity index (χ4v) is 8.77. The molecule has 0 amide bonds. The van der Waals surface area contributed by atoms with Gasteiger partial charge in [0.2, 0.25) is 0 Å². The molecule has 2 heterocycles. The molecule has 6 aromatic carbocycles. The van der Waals surface area contributed by atoms with Crippen LogP contribution in [0.3, 0.4) is 0 Å². The number of hydrogen-bond acceptors (Lipinski definition) is 1. The molecular formula is C47H45N3. The minimum Gasteiger partial charge on any atom is -0.321 e. The summed E-state index contributed by atoms with van der Waals surface area (Å²) < 4.78 is 5.10. The van der Waals surface area contributed by atoms with Gasteiger partial charge in [0.15, 0.2) is 0 Å². The molecule has 8 aromatic rings. The van der Waals surface area contributed by atoms with Gasteiger partial charge in [0.1, 0.15) is 0 Å². The summed E-state index contributed by atoms with van der Waals surface area (Å²) in [6, 6.07) is 41.2. The maximum absolute atomic E-state index is 7.07. The predicted octanol–water partition coefficient (Wildman–Crippen LogP) is 12.3. The Morgan fingerprint density at radius 1 is 0.620 bits per heavy atom. The van der Waals surface area contributed by atoms with Crippen molar-refractivity contribution >= 4 is 60.3 Å². The fourth-order valence-electron chi connectivity index (χ4n) is 8.77. The molecule has 0 saturated heterocycles. The second-order valence-electron chi connectivity index (χ2n) is 14.3. The maximum Gasteiger partial charge on any atom is 0.0549 e. The third kappa shape index (κ3) is 4.60. The number of allylic oxidation sites excluding steroid dienone is 1. The highest BCUT2D eigenvalue weighted by atomic mass is 15.0. The van der Waals surface area contributed by atoms with Crippen LogP contribution < -0.4 is 5.73 Å². The van der Waals surface area contributed by atoms with Crippen LogP contribution in [0.4, 0.5) is 0 Å². The number of hydrogen-bond donors (Lipinski definition) is 1. The zero-order valence-corrected chi connectivity index (χ0v) is 29.5. The molecule has 0 spiro atoms. The van der Waals surface area contributed by atoms with E-state index in [-0.39, 0.29) is 5.54 Å². The summed E-state index contributed by atoms with van der Waals surface area (Å²) in [4.78, 5) is 0. The van der Waals surface area contributed by atoms with Crippen molar-refractivity contribution in [2.45, 2.75) is 71.3 Å². The number of benzene rings is 6. The van der Waals surface area contributed by atoms with E-state index in [1.54, 1.807) is 0 Å². The molecule has 0 saturated carbocycles. The zero-order chi connectivity index (χ0) is 34.0. The predicted molar refractivity (Wildman–Crippen MR) is 215 cm³/mol. The number of aromatic nitrogens is 2. The first-order valence-corrected chi connectivity index (χ1v) is 18.6. The summed E-state index contributed by atoms with van der Waals surface area (Å²) in [5.74, 6) is 0. The van der Waals surface area contributed by atoms with Gasteiger partial charge in [0.05, 0.1) is 27.9 Å². The van der Waals surface area contributed by atoms with Gasteiger partial charge >= 0.3 is 0 Å². The van der Waals surface area contributed by atoms with Gasteiger partial charge in [0.25, 0.3) is 0 Å². The number of unbranched alkanes of at least 4 members (excludes halogenated alkanes) is 1. The van der Waals surface area contributed by atoms with Gasteiger partial charge < -0.3 is 14.9 Å². The molecule has 0 fully saturated rings. The summed E-state index contributed by atoms with van der Waals surface area (Å²) in [5, 5.41) is 9.03. The number of aryl methyl sites for hydroxylation is 1. The first-order chi connectivity index (χ1) is 24.5. The largest absolute Gasteiger partial charge is 0.321 e. The van der Waals surface area contributed by atoms with Crippen molar-refractivity contribution in [3.63, 3.8) is 0 Å². The van der Waals surface area contributed by atoms with Gasteiger partial charge in [0, 0.05) is 43.7 Å². The Balaban J connectivity index is 1.40. The molecule has 0 atom stereocenters. The maximum atomic E-state index is 7.07. The number of nitrogens with zero attached hydrogens (tertiary/aromatic N) is 2. The Labute approximate surface area is 294 Å². The quantitative estimate of drug-likeness (QED) is 0.174. The fraction of sp³-hybridized carbons (Fsp3) is 0.234. The molecule has 0 radical (unpaired) electrons. The third-order valence-corrected chi connectivity index (χ3v) is 11.7. The summed E-state index contributed by atoms with van der Waals surface area (Å²) >= 11 is 0. The van der Waals surface area contributed by atoms with E-state index in [0.29, 0.717) is 0 Å². The summed E-state index contributed by atoms with van der Waals surface area (Å²) in [6.07, 6.45) is 12.1. The molecule has 3 heteroatoms. The molecule has 50 heavy (non-hydrogen) atoms. The molecule has 2 N–H and O–H groups in total. The molecule has 2 aromatic heterocycles. The number of rotatable bonds is 8. The second kappa shape index (κ2) is 12.0. The van der Waals surface area contributed by atoms with Crippen LogP contribution >= 0.6 is 0 Å². The average Bonchev–Trinajstić information content (AvgIpc) is 3.66. The van der Waals surface area contributed by atoms with Crippen molar-refractivity contribution in [2.24, 2.45) is 5.73 Å². The van der Waals surface area contributed by atoms with Crippen LogP contribution in [0.5, 0.6) is 0 Å². The Bertz CT molecular complexity index is 2620. The highest BCUT2D eigenvalue weighted by Crippen LogP contribution is 2.43. The molecule has 1 aliphatic carbocycles. The van der Waals surface area contributed by atoms with Gasteiger partial charge in [-0.05, 0) is 90.8 Å². The van der Waals surface area contributed by atoms with Gasteiger partial charge in [-0.15, -0.1) is 0 Å². The lowest BCUT2D eigenvalue weighted by molar-refractivity contribution is 0.413. The van der Waals surface area contributed by atoms with Crippen LogP contribution in [0, 0.1) is 0 Å². The SMILES string of the molecule is CCCCc1cccc2c(-n3c4c(c5cc6c(cc53)c3ccc(C(N)(CC)CC)cc3n6-c3cccc5ccccc35)C=CCC4)cccc12. The zero-order valence-electron chi connectivity index (χ0n) is 29.5. The van der Waals surface area contributed by atoms with Crippen molar-refractivity contribution in [1.82, 2.24) is 9.13 Å². The van der Waals surface area contributed by atoms with Gasteiger partial charge in [-0.3, -0.25) is 0 Å². The van der Waals surface area contributed by atoms with Crippen molar-refractivity contribution in [3.8, 4) is 11.4 Å². The van der Waals surface area contributed by atoms with E-state index in [1.807, 2.05) is 0 Å². The Morgan fingerprint density at radius 3 is 2.14 bits per heavy atom. The Hall–Kier alpha value is -5.12.